The highest BCUT2D eigenvalue weighted by molar-refractivity contribution is 7.86. The van der Waals surface area contributed by atoms with Gasteiger partial charge in [-0.05, 0) is 58.9 Å². The van der Waals surface area contributed by atoms with E-state index in [9.17, 15) is 8.42 Å². The Hall–Kier alpha value is -0.879. The summed E-state index contributed by atoms with van der Waals surface area (Å²) >= 11 is 0. The molecule has 1 aromatic heterocycles. The van der Waals surface area contributed by atoms with Crippen LogP contribution in [0.2, 0.25) is 58.9 Å². The Labute approximate surface area is 201 Å². The van der Waals surface area contributed by atoms with Gasteiger partial charge in [0.1, 0.15) is 24.4 Å². The quantitative estimate of drug-likeness (QED) is 0.350. The first kappa shape index (κ1) is 28.4. The molecule has 1 aliphatic rings. The van der Waals surface area contributed by atoms with E-state index in [0.29, 0.717) is 5.56 Å². The van der Waals surface area contributed by atoms with Crippen LogP contribution in [0.5, 0.6) is 5.88 Å². The zero-order valence-corrected chi connectivity index (χ0v) is 25.1. The second-order valence-corrected chi connectivity index (χ2v) is 26.2. The molecule has 0 saturated carbocycles. The van der Waals surface area contributed by atoms with Gasteiger partial charge in [-0.25, -0.2) is 4.98 Å². The van der Waals surface area contributed by atoms with Crippen LogP contribution in [0.4, 0.5) is 5.95 Å². The first-order valence-corrected chi connectivity index (χ1v) is 23.0. The number of hydrogen-bond acceptors (Lipinski definition) is 10. The van der Waals surface area contributed by atoms with Crippen LogP contribution < -0.4 is 10.2 Å². The van der Waals surface area contributed by atoms with Crippen LogP contribution in [-0.2, 0) is 27.9 Å². The third-order valence-corrected chi connectivity index (χ3v) is 7.66. The Bertz CT molecular complexity index is 930. The lowest BCUT2D eigenvalue weighted by Crippen LogP contribution is -2.46. The van der Waals surface area contributed by atoms with Gasteiger partial charge in [0.2, 0.25) is 20.1 Å². The third-order valence-electron chi connectivity index (χ3n) is 4.27. The molecule has 10 nitrogen and oxygen atoms in total. The minimum atomic E-state index is -3.83. The predicted octanol–water partition coefficient (Wildman–Crippen LogP) is 3.13. The van der Waals surface area contributed by atoms with Gasteiger partial charge < -0.3 is 23.7 Å². The number of nitrogens with two attached hydrogens (primary N) is 1. The Morgan fingerprint density at radius 1 is 1.00 bits per heavy atom. The van der Waals surface area contributed by atoms with Crippen LogP contribution in [0, 0.1) is 0 Å². The molecule has 33 heavy (non-hydrogen) atoms. The van der Waals surface area contributed by atoms with Gasteiger partial charge in [0.05, 0.1) is 18.4 Å². The number of anilines is 1. The molecule has 14 heteroatoms. The molecule has 0 spiro atoms. The number of aromatic nitrogens is 2. The number of nitrogen functional groups attached to an aromatic ring is 1. The van der Waals surface area contributed by atoms with Crippen LogP contribution in [0.15, 0.2) is 6.20 Å². The summed E-state index contributed by atoms with van der Waals surface area (Å²) in [4.78, 5) is 8.40. The fourth-order valence-corrected chi connectivity index (χ4v) is 6.38. The zero-order chi connectivity index (χ0) is 25.4. The zero-order valence-electron chi connectivity index (χ0n) is 21.3. The Morgan fingerprint density at radius 2 is 1.61 bits per heavy atom. The number of nitrogens with zero attached hydrogens (tertiary/aromatic N) is 2. The predicted molar refractivity (Wildman–Crippen MR) is 135 cm³/mol. The van der Waals surface area contributed by atoms with E-state index in [-0.39, 0.29) is 18.4 Å². The molecule has 0 aliphatic carbocycles. The fraction of sp³-hybridized carbons (Fsp3) is 0.789. The molecule has 0 radical (unpaired) electrons. The molecule has 1 saturated heterocycles. The first-order chi connectivity index (χ1) is 14.7. The van der Waals surface area contributed by atoms with E-state index in [0.717, 1.165) is 6.26 Å². The highest BCUT2D eigenvalue weighted by Crippen LogP contribution is 2.42. The molecule has 1 aromatic rings. The van der Waals surface area contributed by atoms with Gasteiger partial charge in [-0.15, -0.1) is 0 Å². The van der Waals surface area contributed by atoms with Gasteiger partial charge in [0, 0.05) is 6.20 Å². The summed E-state index contributed by atoms with van der Waals surface area (Å²) < 4.78 is 55.1. The molecule has 190 valence electrons. The van der Waals surface area contributed by atoms with Crippen molar-refractivity contribution in [2.45, 2.75) is 83.3 Å². The minimum Gasteiger partial charge on any atom is -0.531 e. The summed E-state index contributed by atoms with van der Waals surface area (Å²) in [5.74, 6) is 0.325. The molecule has 2 heterocycles. The summed E-state index contributed by atoms with van der Waals surface area (Å²) in [6, 6.07) is 0. The molecule has 0 bridgehead atoms. The molecule has 1 aliphatic heterocycles. The summed E-state index contributed by atoms with van der Waals surface area (Å²) in [5, 5.41) is 0. The Balaban J connectivity index is 2.57. The van der Waals surface area contributed by atoms with Crippen molar-refractivity contribution in [3.05, 3.63) is 11.8 Å². The molecular weight excluding hydrogens is 499 g/mol. The van der Waals surface area contributed by atoms with E-state index in [4.69, 9.17) is 27.9 Å². The average Bonchev–Trinajstić information content (AvgIpc) is 2.85. The number of hydrogen-bond donors (Lipinski definition) is 1. The standard InChI is InChI=1S/C19H39N3O7SSi3/c1-30(23,24)27-17-15(13-11-21-19(20)22-18(13)29-33(8,9)10)26-14(12-25-31(2,3)4)16(17)28-32(5,6)7/h11,14-17H,12H2,1-10H3,(H2,20,21,22). The van der Waals surface area contributed by atoms with Crippen LogP contribution in [0.3, 0.4) is 0 Å². The molecule has 4 unspecified atom stereocenters. The van der Waals surface area contributed by atoms with Crippen LogP contribution in [0.1, 0.15) is 11.7 Å². The van der Waals surface area contributed by atoms with Crippen molar-refractivity contribution in [1.82, 2.24) is 9.97 Å². The largest absolute Gasteiger partial charge is 0.531 e. The van der Waals surface area contributed by atoms with Crippen molar-refractivity contribution in [3.63, 3.8) is 0 Å². The lowest BCUT2D eigenvalue weighted by atomic mass is 10.0. The molecule has 0 aromatic carbocycles. The maximum Gasteiger partial charge on any atom is 0.264 e. The van der Waals surface area contributed by atoms with Gasteiger partial charge in [-0.1, -0.05) is 0 Å². The van der Waals surface area contributed by atoms with Crippen molar-refractivity contribution in [2.24, 2.45) is 0 Å². The van der Waals surface area contributed by atoms with Gasteiger partial charge in [-0.3, -0.25) is 4.18 Å². The normalized spacial score (nSPS) is 24.8. The number of ether oxygens (including phenoxy) is 1. The number of rotatable bonds is 10. The monoisotopic (exact) mass is 537 g/mol. The van der Waals surface area contributed by atoms with E-state index in [1.54, 1.807) is 0 Å². The van der Waals surface area contributed by atoms with Crippen LogP contribution >= 0.6 is 0 Å². The smallest absolute Gasteiger partial charge is 0.264 e. The van der Waals surface area contributed by atoms with Crippen LogP contribution in [0.25, 0.3) is 0 Å². The van der Waals surface area contributed by atoms with Crippen molar-refractivity contribution < 1.29 is 30.6 Å². The fourth-order valence-electron chi connectivity index (χ4n) is 3.26. The van der Waals surface area contributed by atoms with E-state index in [1.807, 2.05) is 39.3 Å². The summed E-state index contributed by atoms with van der Waals surface area (Å²) in [6.07, 6.45) is -0.487. The third kappa shape index (κ3) is 9.35. The molecule has 2 rings (SSSR count). The molecule has 2 N–H and O–H groups in total. The van der Waals surface area contributed by atoms with E-state index in [2.05, 4.69) is 29.6 Å². The summed E-state index contributed by atoms with van der Waals surface area (Å²) in [5.41, 5.74) is 6.30. The maximum atomic E-state index is 12.2. The van der Waals surface area contributed by atoms with E-state index >= 15 is 0 Å². The SMILES string of the molecule is C[Si](C)(C)OCC1OC(c2cnc(N)nc2O[Si](C)(C)C)C(OS(C)(=O)=O)C1O[Si](C)(C)C. The highest BCUT2D eigenvalue weighted by Gasteiger charge is 2.51. The van der Waals surface area contributed by atoms with E-state index in [1.165, 1.54) is 6.20 Å². The second-order valence-electron chi connectivity index (χ2n) is 11.2. The maximum absolute atomic E-state index is 12.2. The van der Waals surface area contributed by atoms with Crippen molar-refractivity contribution in [2.75, 3.05) is 18.6 Å². The minimum absolute atomic E-state index is 0.0547. The lowest BCUT2D eigenvalue weighted by Gasteiger charge is -2.31. The van der Waals surface area contributed by atoms with Crippen molar-refractivity contribution in [1.29, 1.82) is 0 Å². The molecule has 1 fully saturated rings. The van der Waals surface area contributed by atoms with Gasteiger partial charge in [0.15, 0.2) is 16.6 Å². The van der Waals surface area contributed by atoms with Crippen LogP contribution in [-0.4, -0.2) is 74.5 Å². The van der Waals surface area contributed by atoms with E-state index < -0.39 is 59.5 Å². The average molecular weight is 538 g/mol. The van der Waals surface area contributed by atoms with Gasteiger partial charge in [-0.2, -0.15) is 13.4 Å². The molecule has 0 amide bonds. The second kappa shape index (κ2) is 10.0. The van der Waals surface area contributed by atoms with Crippen molar-refractivity contribution in [3.8, 4) is 5.88 Å². The lowest BCUT2D eigenvalue weighted by molar-refractivity contribution is -0.0156. The molecular formula is C19H39N3O7SSi3. The summed E-state index contributed by atoms with van der Waals surface area (Å²) in [6.45, 7) is 18.6. The summed E-state index contributed by atoms with van der Waals surface area (Å²) in [7, 11) is -9.92. The van der Waals surface area contributed by atoms with Gasteiger partial charge in [0.25, 0.3) is 10.1 Å². The topological polar surface area (TPSA) is 132 Å². The Morgan fingerprint density at radius 3 is 2.09 bits per heavy atom. The first-order valence-electron chi connectivity index (χ1n) is 10.9. The molecule has 4 atom stereocenters. The van der Waals surface area contributed by atoms with Gasteiger partial charge >= 0.3 is 0 Å². The highest BCUT2D eigenvalue weighted by atomic mass is 32.2. The van der Waals surface area contributed by atoms with Crippen molar-refractivity contribution >= 4 is 41.0 Å². The Kier molecular flexibility index (Phi) is 8.60.